The lowest BCUT2D eigenvalue weighted by atomic mass is 10.1. The fraction of sp³-hybridized carbons (Fsp3) is 0.500. The van der Waals surface area contributed by atoms with E-state index in [1.165, 1.54) is 37.9 Å². The Kier molecular flexibility index (Phi) is 3.11. The molecule has 1 heterocycles. The molecule has 0 aliphatic carbocycles. The van der Waals surface area contributed by atoms with Crippen molar-refractivity contribution in [1.29, 1.82) is 0 Å². The highest BCUT2D eigenvalue weighted by molar-refractivity contribution is 5.63. The van der Waals surface area contributed by atoms with Crippen LogP contribution in [0.1, 0.15) is 24.8 Å². The van der Waals surface area contributed by atoms with Gasteiger partial charge in [-0.25, -0.2) is 0 Å². The number of piperidine rings is 1. The van der Waals surface area contributed by atoms with Crippen LogP contribution in [0.2, 0.25) is 0 Å². The van der Waals surface area contributed by atoms with Crippen molar-refractivity contribution in [2.45, 2.75) is 25.8 Å². The first kappa shape index (κ1) is 10.3. The molecule has 1 aliphatic rings. The maximum absolute atomic E-state index is 5.78. The Morgan fingerprint density at radius 2 is 1.73 bits per heavy atom. The van der Waals surface area contributed by atoms with Gasteiger partial charge >= 0.3 is 0 Å². The van der Waals surface area contributed by atoms with Crippen molar-refractivity contribution < 1.29 is 0 Å². The zero-order valence-corrected chi connectivity index (χ0v) is 9.08. The van der Waals surface area contributed by atoms with Gasteiger partial charge in [0.25, 0.3) is 0 Å². The van der Waals surface area contributed by atoms with Crippen LogP contribution in [-0.2, 0) is 6.54 Å². The topological polar surface area (TPSA) is 55.3 Å². The number of hydrogen-bond acceptors (Lipinski definition) is 3. The van der Waals surface area contributed by atoms with E-state index < -0.39 is 0 Å². The summed E-state index contributed by atoms with van der Waals surface area (Å²) in [6, 6.07) is 5.96. The molecule has 0 radical (unpaired) electrons. The lowest BCUT2D eigenvalue weighted by Crippen LogP contribution is -2.29. The number of likely N-dealkylation sites (tertiary alicyclic amines) is 1. The fourth-order valence-electron chi connectivity index (χ4n) is 2.10. The second-order valence-electron chi connectivity index (χ2n) is 4.30. The molecule has 0 saturated carbocycles. The SMILES string of the molecule is Nc1ccc(CN2CCCCC2)cc1N. The van der Waals surface area contributed by atoms with Crippen LogP contribution in [-0.4, -0.2) is 18.0 Å². The summed E-state index contributed by atoms with van der Waals surface area (Å²) >= 11 is 0. The summed E-state index contributed by atoms with van der Waals surface area (Å²) in [7, 11) is 0. The van der Waals surface area contributed by atoms with Gasteiger partial charge in [0.15, 0.2) is 0 Å². The Balaban J connectivity index is 2.00. The molecule has 0 amide bonds. The lowest BCUT2D eigenvalue weighted by Gasteiger charge is -2.26. The molecule has 0 aromatic heterocycles. The number of nitrogens with two attached hydrogens (primary N) is 2. The number of nitrogens with zero attached hydrogens (tertiary/aromatic N) is 1. The van der Waals surface area contributed by atoms with Gasteiger partial charge in [0.2, 0.25) is 0 Å². The quantitative estimate of drug-likeness (QED) is 0.724. The van der Waals surface area contributed by atoms with Crippen LogP contribution in [0.4, 0.5) is 11.4 Å². The van der Waals surface area contributed by atoms with Crippen molar-refractivity contribution in [1.82, 2.24) is 4.90 Å². The van der Waals surface area contributed by atoms with Crippen LogP contribution < -0.4 is 11.5 Å². The molecule has 1 aromatic rings. The Hall–Kier alpha value is -1.22. The van der Waals surface area contributed by atoms with E-state index in [1.807, 2.05) is 12.1 Å². The van der Waals surface area contributed by atoms with E-state index in [0.717, 1.165) is 6.54 Å². The van der Waals surface area contributed by atoms with Crippen molar-refractivity contribution in [3.8, 4) is 0 Å². The average Bonchev–Trinajstić information content (AvgIpc) is 2.25. The summed E-state index contributed by atoms with van der Waals surface area (Å²) in [6.45, 7) is 3.43. The van der Waals surface area contributed by atoms with Crippen molar-refractivity contribution in [3.05, 3.63) is 23.8 Å². The van der Waals surface area contributed by atoms with Crippen LogP contribution >= 0.6 is 0 Å². The summed E-state index contributed by atoms with van der Waals surface area (Å²) in [5.74, 6) is 0. The number of nitrogen functional groups attached to an aromatic ring is 2. The molecule has 1 aliphatic heterocycles. The Bertz CT molecular complexity index is 330. The zero-order valence-electron chi connectivity index (χ0n) is 9.08. The molecular formula is C12H19N3. The average molecular weight is 205 g/mol. The molecule has 1 aromatic carbocycles. The Morgan fingerprint density at radius 3 is 2.40 bits per heavy atom. The normalized spacial score (nSPS) is 17.9. The van der Waals surface area contributed by atoms with Crippen molar-refractivity contribution in [3.63, 3.8) is 0 Å². The third-order valence-electron chi connectivity index (χ3n) is 3.01. The largest absolute Gasteiger partial charge is 0.397 e. The number of anilines is 2. The van der Waals surface area contributed by atoms with Crippen molar-refractivity contribution >= 4 is 11.4 Å². The predicted octanol–water partition coefficient (Wildman–Crippen LogP) is 1.84. The molecule has 3 heteroatoms. The first-order chi connectivity index (χ1) is 7.25. The van der Waals surface area contributed by atoms with Crippen molar-refractivity contribution in [2.75, 3.05) is 24.6 Å². The van der Waals surface area contributed by atoms with Crippen molar-refractivity contribution in [2.24, 2.45) is 0 Å². The standard InChI is InChI=1S/C12H19N3/c13-11-5-4-10(8-12(11)14)9-15-6-2-1-3-7-15/h4-5,8H,1-3,6-7,9,13-14H2. The third kappa shape index (κ3) is 2.63. The van der Waals surface area contributed by atoms with E-state index in [2.05, 4.69) is 11.0 Å². The second kappa shape index (κ2) is 4.53. The van der Waals surface area contributed by atoms with Gasteiger partial charge in [0.1, 0.15) is 0 Å². The maximum atomic E-state index is 5.78. The zero-order chi connectivity index (χ0) is 10.7. The number of hydrogen-bond donors (Lipinski definition) is 2. The smallest absolute Gasteiger partial charge is 0.0551 e. The minimum Gasteiger partial charge on any atom is -0.397 e. The minimum atomic E-state index is 0.678. The molecule has 3 nitrogen and oxygen atoms in total. The fourth-order valence-corrected chi connectivity index (χ4v) is 2.10. The molecule has 15 heavy (non-hydrogen) atoms. The molecule has 0 atom stereocenters. The summed E-state index contributed by atoms with van der Waals surface area (Å²) in [5, 5.41) is 0. The monoisotopic (exact) mass is 205 g/mol. The molecule has 4 N–H and O–H groups in total. The van der Waals surface area contributed by atoms with Crippen LogP contribution in [0.5, 0.6) is 0 Å². The summed E-state index contributed by atoms with van der Waals surface area (Å²) in [6.07, 6.45) is 4.02. The van der Waals surface area contributed by atoms with E-state index in [9.17, 15) is 0 Å². The minimum absolute atomic E-state index is 0.678. The first-order valence-electron chi connectivity index (χ1n) is 5.62. The summed E-state index contributed by atoms with van der Waals surface area (Å²) < 4.78 is 0. The van der Waals surface area contributed by atoms with Crippen LogP contribution in [0.25, 0.3) is 0 Å². The van der Waals surface area contributed by atoms with Gasteiger partial charge in [0, 0.05) is 6.54 Å². The Labute approximate surface area is 91.1 Å². The highest BCUT2D eigenvalue weighted by Gasteiger charge is 2.10. The lowest BCUT2D eigenvalue weighted by molar-refractivity contribution is 0.221. The summed E-state index contributed by atoms with van der Waals surface area (Å²) in [4.78, 5) is 2.48. The van der Waals surface area contributed by atoms with Crippen LogP contribution in [0.15, 0.2) is 18.2 Å². The predicted molar refractivity (Wildman–Crippen MR) is 64.4 cm³/mol. The molecule has 0 spiro atoms. The van der Waals surface area contributed by atoms with Crippen LogP contribution in [0, 0.1) is 0 Å². The maximum Gasteiger partial charge on any atom is 0.0551 e. The second-order valence-corrected chi connectivity index (χ2v) is 4.30. The highest BCUT2D eigenvalue weighted by atomic mass is 15.1. The molecular weight excluding hydrogens is 186 g/mol. The first-order valence-corrected chi connectivity index (χ1v) is 5.62. The highest BCUT2D eigenvalue weighted by Crippen LogP contribution is 2.18. The van der Waals surface area contributed by atoms with E-state index in [4.69, 9.17) is 11.5 Å². The molecule has 2 rings (SSSR count). The van der Waals surface area contributed by atoms with E-state index in [-0.39, 0.29) is 0 Å². The van der Waals surface area contributed by atoms with E-state index in [0.29, 0.717) is 11.4 Å². The number of benzene rings is 1. The molecule has 1 saturated heterocycles. The number of rotatable bonds is 2. The van der Waals surface area contributed by atoms with Gasteiger partial charge in [-0.15, -0.1) is 0 Å². The van der Waals surface area contributed by atoms with Crippen LogP contribution in [0.3, 0.4) is 0 Å². The van der Waals surface area contributed by atoms with E-state index in [1.54, 1.807) is 0 Å². The van der Waals surface area contributed by atoms with Gasteiger partial charge < -0.3 is 11.5 Å². The molecule has 82 valence electrons. The van der Waals surface area contributed by atoms with Gasteiger partial charge in [-0.2, -0.15) is 0 Å². The molecule has 0 bridgehead atoms. The van der Waals surface area contributed by atoms with Gasteiger partial charge in [-0.3, -0.25) is 4.90 Å². The molecule has 1 fully saturated rings. The summed E-state index contributed by atoms with van der Waals surface area (Å²) in [5.41, 5.74) is 14.1. The van der Waals surface area contributed by atoms with Gasteiger partial charge in [-0.05, 0) is 43.6 Å². The van der Waals surface area contributed by atoms with Gasteiger partial charge in [-0.1, -0.05) is 12.5 Å². The Morgan fingerprint density at radius 1 is 1.00 bits per heavy atom. The molecule has 0 unspecified atom stereocenters. The van der Waals surface area contributed by atoms with E-state index >= 15 is 0 Å². The third-order valence-corrected chi connectivity index (χ3v) is 3.01. The van der Waals surface area contributed by atoms with Gasteiger partial charge in [0.05, 0.1) is 11.4 Å².